The second-order valence-corrected chi connectivity index (χ2v) is 4.51. The van der Waals surface area contributed by atoms with Gasteiger partial charge in [0.25, 0.3) is 0 Å². The van der Waals surface area contributed by atoms with E-state index in [0.717, 1.165) is 19.4 Å². The Morgan fingerprint density at radius 1 is 1.50 bits per heavy atom. The molecule has 0 saturated carbocycles. The minimum absolute atomic E-state index is 0.0370. The topological polar surface area (TPSA) is 46.3 Å². The van der Waals surface area contributed by atoms with Gasteiger partial charge in [0.1, 0.15) is 0 Å². The largest absolute Gasteiger partial charge is 0.297 e. The van der Waals surface area contributed by atoms with E-state index in [0.29, 0.717) is 0 Å². The maximum absolute atomic E-state index is 11.8. The van der Waals surface area contributed by atoms with Crippen LogP contribution < -0.4 is 5.84 Å². The van der Waals surface area contributed by atoms with Crippen LogP contribution in [0.3, 0.4) is 0 Å². The molecule has 0 amide bonds. The summed E-state index contributed by atoms with van der Waals surface area (Å²) in [6.45, 7) is 6.69. The zero-order chi connectivity index (χ0) is 9.35. The number of hydrogen-bond donors (Lipinski definition) is 1. The second kappa shape index (κ2) is 3.15. The first-order valence-electron chi connectivity index (χ1n) is 4.48. The Kier molecular flexibility index (Phi) is 2.54. The molecule has 1 atom stereocenters. The van der Waals surface area contributed by atoms with Crippen LogP contribution in [0.4, 0.5) is 0 Å². The first-order valence-corrected chi connectivity index (χ1v) is 4.48. The highest BCUT2D eigenvalue weighted by Crippen LogP contribution is 2.24. The maximum atomic E-state index is 11.8. The molecule has 1 aliphatic rings. The molecule has 0 aromatic carbocycles. The third-order valence-electron chi connectivity index (χ3n) is 2.34. The summed E-state index contributed by atoms with van der Waals surface area (Å²) in [6, 6.07) is -0.0370. The maximum Gasteiger partial charge on any atom is 0.156 e. The summed E-state index contributed by atoms with van der Waals surface area (Å²) >= 11 is 0. The third-order valence-corrected chi connectivity index (χ3v) is 2.34. The fourth-order valence-electron chi connectivity index (χ4n) is 1.57. The van der Waals surface area contributed by atoms with Crippen molar-refractivity contribution in [2.24, 2.45) is 11.3 Å². The molecule has 1 fully saturated rings. The number of carbonyl (C=O) groups is 1. The van der Waals surface area contributed by atoms with E-state index >= 15 is 0 Å². The first kappa shape index (κ1) is 9.68. The first-order chi connectivity index (χ1) is 5.43. The summed E-state index contributed by atoms with van der Waals surface area (Å²) in [6.07, 6.45) is 1.97. The zero-order valence-electron chi connectivity index (χ0n) is 8.13. The molecule has 12 heavy (non-hydrogen) atoms. The predicted octanol–water partition coefficient (Wildman–Crippen LogP) is 0.940. The SMILES string of the molecule is CC(C)(C)C(=O)C1CCCN1N. The lowest BCUT2D eigenvalue weighted by Gasteiger charge is -2.25. The highest BCUT2D eigenvalue weighted by atomic mass is 16.1. The van der Waals surface area contributed by atoms with Crippen molar-refractivity contribution in [2.45, 2.75) is 39.7 Å². The number of Topliss-reactive ketones (excluding diaryl/α,β-unsaturated/α-hetero) is 1. The van der Waals surface area contributed by atoms with Gasteiger partial charge < -0.3 is 0 Å². The van der Waals surface area contributed by atoms with Gasteiger partial charge >= 0.3 is 0 Å². The van der Waals surface area contributed by atoms with Crippen molar-refractivity contribution in [1.29, 1.82) is 0 Å². The molecule has 70 valence electrons. The number of hydrazine groups is 1. The van der Waals surface area contributed by atoms with E-state index in [9.17, 15) is 4.79 Å². The molecule has 3 nitrogen and oxygen atoms in total. The molecule has 1 heterocycles. The Hall–Kier alpha value is -0.410. The Morgan fingerprint density at radius 2 is 2.08 bits per heavy atom. The molecule has 0 radical (unpaired) electrons. The smallest absolute Gasteiger partial charge is 0.156 e. The van der Waals surface area contributed by atoms with Gasteiger partial charge in [-0.1, -0.05) is 20.8 Å². The van der Waals surface area contributed by atoms with Crippen molar-refractivity contribution in [2.75, 3.05) is 6.54 Å². The van der Waals surface area contributed by atoms with E-state index < -0.39 is 0 Å². The van der Waals surface area contributed by atoms with Crippen LogP contribution in [0, 0.1) is 5.41 Å². The van der Waals surface area contributed by atoms with Gasteiger partial charge in [-0.25, -0.2) is 5.01 Å². The fourth-order valence-corrected chi connectivity index (χ4v) is 1.57. The molecule has 1 aliphatic heterocycles. The average molecular weight is 170 g/mol. The van der Waals surface area contributed by atoms with Crippen LogP contribution in [0.5, 0.6) is 0 Å². The highest BCUT2D eigenvalue weighted by molar-refractivity contribution is 5.88. The molecule has 0 aromatic heterocycles. The molecule has 0 aliphatic carbocycles. The molecular formula is C9H18N2O. The Labute approximate surface area is 73.9 Å². The number of carbonyl (C=O) groups excluding carboxylic acids is 1. The number of rotatable bonds is 1. The van der Waals surface area contributed by atoms with E-state index in [-0.39, 0.29) is 17.2 Å². The fraction of sp³-hybridized carbons (Fsp3) is 0.889. The van der Waals surface area contributed by atoms with E-state index in [4.69, 9.17) is 5.84 Å². The number of nitrogens with two attached hydrogens (primary N) is 1. The van der Waals surface area contributed by atoms with Gasteiger partial charge in [0.15, 0.2) is 5.78 Å². The van der Waals surface area contributed by atoms with Gasteiger partial charge in [-0.2, -0.15) is 0 Å². The van der Waals surface area contributed by atoms with Crippen molar-refractivity contribution < 1.29 is 4.79 Å². The molecule has 1 unspecified atom stereocenters. The lowest BCUT2D eigenvalue weighted by Crippen LogP contribution is -2.45. The molecule has 2 N–H and O–H groups in total. The summed E-state index contributed by atoms with van der Waals surface area (Å²) in [4.78, 5) is 11.8. The summed E-state index contributed by atoms with van der Waals surface area (Å²) in [5, 5.41) is 1.67. The third kappa shape index (κ3) is 1.84. The van der Waals surface area contributed by atoms with Gasteiger partial charge in [0, 0.05) is 12.0 Å². The molecule has 0 aromatic rings. The van der Waals surface area contributed by atoms with E-state index in [1.807, 2.05) is 20.8 Å². The predicted molar refractivity (Wildman–Crippen MR) is 48.4 cm³/mol. The monoisotopic (exact) mass is 170 g/mol. The van der Waals surface area contributed by atoms with Gasteiger partial charge in [-0.15, -0.1) is 0 Å². The molecule has 0 bridgehead atoms. The van der Waals surface area contributed by atoms with Crippen LogP contribution in [0.1, 0.15) is 33.6 Å². The summed E-state index contributed by atoms with van der Waals surface area (Å²) in [7, 11) is 0. The van der Waals surface area contributed by atoms with Gasteiger partial charge in [-0.05, 0) is 12.8 Å². The summed E-state index contributed by atoms with van der Waals surface area (Å²) < 4.78 is 0. The van der Waals surface area contributed by atoms with Crippen LogP contribution in [0.2, 0.25) is 0 Å². The van der Waals surface area contributed by atoms with Crippen LogP contribution in [0.25, 0.3) is 0 Å². The second-order valence-electron chi connectivity index (χ2n) is 4.51. The lowest BCUT2D eigenvalue weighted by atomic mass is 9.86. The van der Waals surface area contributed by atoms with E-state index in [1.54, 1.807) is 5.01 Å². The molecule has 1 rings (SSSR count). The Balaban J connectivity index is 2.64. The Morgan fingerprint density at radius 3 is 2.42 bits per heavy atom. The van der Waals surface area contributed by atoms with Crippen LogP contribution >= 0.6 is 0 Å². The van der Waals surface area contributed by atoms with Gasteiger partial charge in [-0.3, -0.25) is 10.6 Å². The molecule has 3 heteroatoms. The number of ketones is 1. The summed E-state index contributed by atoms with van der Waals surface area (Å²) in [5.74, 6) is 5.96. The van der Waals surface area contributed by atoms with Crippen LogP contribution in [-0.2, 0) is 4.79 Å². The molecular weight excluding hydrogens is 152 g/mol. The molecule has 0 spiro atoms. The highest BCUT2D eigenvalue weighted by Gasteiger charge is 2.35. The lowest BCUT2D eigenvalue weighted by molar-refractivity contribution is -0.130. The van der Waals surface area contributed by atoms with Gasteiger partial charge in [0.05, 0.1) is 6.04 Å². The average Bonchev–Trinajstić information content (AvgIpc) is 2.31. The van der Waals surface area contributed by atoms with Crippen molar-refractivity contribution in [3.05, 3.63) is 0 Å². The Bertz CT molecular complexity index is 183. The standard InChI is InChI=1S/C9H18N2O/c1-9(2,3)8(12)7-5-4-6-11(7)10/h7H,4-6,10H2,1-3H3. The van der Waals surface area contributed by atoms with Gasteiger partial charge in [0.2, 0.25) is 0 Å². The van der Waals surface area contributed by atoms with Crippen LogP contribution in [-0.4, -0.2) is 23.4 Å². The van der Waals surface area contributed by atoms with Crippen molar-refractivity contribution in [3.63, 3.8) is 0 Å². The van der Waals surface area contributed by atoms with Crippen molar-refractivity contribution >= 4 is 5.78 Å². The number of hydrogen-bond acceptors (Lipinski definition) is 3. The quantitative estimate of drug-likeness (QED) is 0.596. The van der Waals surface area contributed by atoms with E-state index in [2.05, 4.69) is 0 Å². The summed E-state index contributed by atoms with van der Waals surface area (Å²) in [5.41, 5.74) is -0.257. The molecule has 1 saturated heterocycles. The number of nitrogens with zero attached hydrogens (tertiary/aromatic N) is 1. The minimum Gasteiger partial charge on any atom is -0.297 e. The van der Waals surface area contributed by atoms with Crippen LogP contribution in [0.15, 0.2) is 0 Å². The van der Waals surface area contributed by atoms with Crippen molar-refractivity contribution in [3.8, 4) is 0 Å². The van der Waals surface area contributed by atoms with E-state index in [1.165, 1.54) is 0 Å². The minimum atomic E-state index is -0.257. The van der Waals surface area contributed by atoms with Crippen molar-refractivity contribution in [1.82, 2.24) is 5.01 Å². The normalized spacial score (nSPS) is 26.2. The zero-order valence-corrected chi connectivity index (χ0v) is 8.13.